The lowest BCUT2D eigenvalue weighted by atomic mass is 9.82. The molecule has 0 aliphatic carbocycles. The molecule has 8 atom stereocenters. The largest absolute Gasteiger partial charge is 0.481 e. The van der Waals surface area contributed by atoms with E-state index in [-0.39, 0.29) is 36.7 Å². The summed E-state index contributed by atoms with van der Waals surface area (Å²) in [7, 11) is 0. The molecule has 0 aromatic heterocycles. The van der Waals surface area contributed by atoms with E-state index in [1.807, 2.05) is 13.8 Å². The van der Waals surface area contributed by atoms with E-state index < -0.39 is 36.2 Å². The highest BCUT2D eigenvalue weighted by Crippen LogP contribution is 2.28. The van der Waals surface area contributed by atoms with Crippen LogP contribution in [-0.4, -0.2) is 45.6 Å². The number of aliphatic hydroxyl groups excluding tert-OH is 2. The quantitative estimate of drug-likeness (QED) is 0.534. The summed E-state index contributed by atoms with van der Waals surface area (Å²) in [6.07, 6.45) is 5.23. The number of carboxylic acids is 1. The van der Waals surface area contributed by atoms with Gasteiger partial charge in [-0.2, -0.15) is 5.26 Å². The van der Waals surface area contributed by atoms with Crippen LogP contribution in [0.2, 0.25) is 0 Å². The van der Waals surface area contributed by atoms with E-state index in [1.54, 1.807) is 25.2 Å². The minimum Gasteiger partial charge on any atom is -0.481 e. The molecule has 7 heteroatoms. The third kappa shape index (κ3) is 10.5. The molecule has 0 saturated carbocycles. The summed E-state index contributed by atoms with van der Waals surface area (Å²) in [6.45, 7) is 9.65. The number of aliphatic hydroxyl groups is 2. The van der Waals surface area contributed by atoms with Crippen LogP contribution in [-0.2, 0) is 14.3 Å². The van der Waals surface area contributed by atoms with Gasteiger partial charge >= 0.3 is 11.9 Å². The Morgan fingerprint density at radius 3 is 2.33 bits per heavy atom. The number of carbonyl (C=O) groups excluding carboxylic acids is 1. The molecule has 33 heavy (non-hydrogen) atoms. The molecule has 186 valence electrons. The van der Waals surface area contributed by atoms with E-state index >= 15 is 0 Å². The Kier molecular flexibility index (Phi) is 12.4. The molecule has 0 unspecified atom stereocenters. The Hall–Kier alpha value is -2.17. The predicted octanol–water partition coefficient (Wildman–Crippen LogP) is 4.25. The molecule has 0 fully saturated rings. The third-order valence-electron chi connectivity index (χ3n) is 6.52. The summed E-state index contributed by atoms with van der Waals surface area (Å²) in [5.74, 6) is -1.74. The van der Waals surface area contributed by atoms with Crippen molar-refractivity contribution in [3.8, 4) is 6.07 Å². The number of carbonyl (C=O) groups is 2. The lowest BCUT2D eigenvalue weighted by Crippen LogP contribution is -2.28. The monoisotopic (exact) mass is 463 g/mol. The zero-order chi connectivity index (χ0) is 25.1. The fourth-order valence-corrected chi connectivity index (χ4v) is 4.64. The van der Waals surface area contributed by atoms with Crippen LogP contribution in [0, 0.1) is 40.9 Å². The highest BCUT2D eigenvalue weighted by molar-refractivity contribution is 5.71. The lowest BCUT2D eigenvalue weighted by Gasteiger charge is -2.27. The van der Waals surface area contributed by atoms with Gasteiger partial charge in [0, 0.05) is 6.42 Å². The van der Waals surface area contributed by atoms with Crippen molar-refractivity contribution in [3.63, 3.8) is 0 Å². The zero-order valence-corrected chi connectivity index (χ0v) is 20.6. The third-order valence-corrected chi connectivity index (χ3v) is 6.52. The second-order valence-corrected chi connectivity index (χ2v) is 10.1. The second kappa shape index (κ2) is 14.2. The van der Waals surface area contributed by atoms with Crippen LogP contribution < -0.4 is 0 Å². The van der Waals surface area contributed by atoms with E-state index in [0.717, 1.165) is 19.3 Å². The summed E-state index contributed by atoms with van der Waals surface area (Å²) in [4.78, 5) is 23.7. The summed E-state index contributed by atoms with van der Waals surface area (Å²) in [6, 6.07) is 2.07. The Bertz CT molecular complexity index is 740. The summed E-state index contributed by atoms with van der Waals surface area (Å²) >= 11 is 0. The first-order valence-corrected chi connectivity index (χ1v) is 12.0. The van der Waals surface area contributed by atoms with Gasteiger partial charge in [0.1, 0.15) is 6.10 Å². The van der Waals surface area contributed by atoms with Crippen molar-refractivity contribution in [2.45, 2.75) is 91.5 Å². The first-order chi connectivity index (χ1) is 15.4. The molecule has 1 aliphatic heterocycles. The number of nitrogens with zero attached hydrogens (tertiary/aromatic N) is 1. The average Bonchev–Trinajstić information content (AvgIpc) is 2.71. The molecule has 0 aromatic rings. The number of carboxylic acid groups (broad SMARTS) is 1. The highest BCUT2D eigenvalue weighted by Gasteiger charge is 2.26. The van der Waals surface area contributed by atoms with Crippen molar-refractivity contribution in [1.82, 2.24) is 0 Å². The van der Waals surface area contributed by atoms with Crippen LogP contribution in [0.4, 0.5) is 0 Å². The van der Waals surface area contributed by atoms with Gasteiger partial charge in [0.2, 0.25) is 0 Å². The fourth-order valence-electron chi connectivity index (χ4n) is 4.64. The highest BCUT2D eigenvalue weighted by atomic mass is 16.5. The van der Waals surface area contributed by atoms with Gasteiger partial charge in [-0.05, 0) is 55.4 Å². The topological polar surface area (TPSA) is 128 Å². The van der Waals surface area contributed by atoms with Crippen molar-refractivity contribution in [1.29, 1.82) is 5.26 Å². The maximum absolute atomic E-state index is 12.5. The molecule has 0 aromatic carbocycles. The number of nitriles is 1. The molecule has 1 aliphatic rings. The molecular formula is C26H41NO6. The van der Waals surface area contributed by atoms with Crippen LogP contribution >= 0.6 is 0 Å². The zero-order valence-electron chi connectivity index (χ0n) is 20.6. The number of cyclic esters (lactones) is 1. The predicted molar refractivity (Wildman–Crippen MR) is 126 cm³/mol. The molecule has 0 amide bonds. The van der Waals surface area contributed by atoms with E-state index in [1.165, 1.54) is 0 Å². The van der Waals surface area contributed by atoms with Crippen LogP contribution in [0.15, 0.2) is 23.8 Å². The Morgan fingerprint density at radius 2 is 1.76 bits per heavy atom. The van der Waals surface area contributed by atoms with Gasteiger partial charge in [-0.1, -0.05) is 46.8 Å². The number of ether oxygens (including phenoxy) is 1. The first kappa shape index (κ1) is 28.9. The van der Waals surface area contributed by atoms with Gasteiger partial charge < -0.3 is 20.1 Å². The minimum atomic E-state index is -0.977. The molecule has 0 bridgehead atoms. The standard InChI is InChI=1S/C26H41NO6/c1-16-10-17(2)12-19(4)25(30)21(15-27)8-6-7-9-22(13-20(5)26(31)32)33-24(29)14-23(28)18(3)11-16/h6-8,16-20,22-23,25,28,30H,9-14H2,1-5H3,(H,31,32)/b7-6+,21-8-/t16-,17+,18-,19-,20-,22-,23-,25+/m0/s1. The maximum Gasteiger partial charge on any atom is 0.308 e. The van der Waals surface area contributed by atoms with Crippen molar-refractivity contribution < 1.29 is 29.6 Å². The maximum atomic E-state index is 12.5. The van der Waals surface area contributed by atoms with Crippen molar-refractivity contribution in [2.75, 3.05) is 0 Å². The molecule has 3 N–H and O–H groups in total. The van der Waals surface area contributed by atoms with Crippen LogP contribution in [0.3, 0.4) is 0 Å². The van der Waals surface area contributed by atoms with Crippen molar-refractivity contribution in [3.05, 3.63) is 23.8 Å². The normalized spacial score (nSPS) is 36.7. The van der Waals surface area contributed by atoms with Crippen LogP contribution in [0.5, 0.6) is 0 Å². The van der Waals surface area contributed by atoms with Crippen LogP contribution in [0.1, 0.15) is 73.1 Å². The van der Waals surface area contributed by atoms with E-state index in [9.17, 15) is 30.2 Å². The van der Waals surface area contributed by atoms with Crippen LogP contribution in [0.25, 0.3) is 0 Å². The van der Waals surface area contributed by atoms with Gasteiger partial charge in [-0.15, -0.1) is 0 Å². The molecule has 0 saturated heterocycles. The SMILES string of the molecule is C[C@@H]1C[C@H](C)C[C@H](C)[C@@H](O)CC(=O)O[C@H](C[C@H](C)C(=O)O)C/C=C/C=C(/C#N)[C@H](O)[C@@H](C)C1. The van der Waals surface area contributed by atoms with E-state index in [2.05, 4.69) is 19.9 Å². The van der Waals surface area contributed by atoms with E-state index in [0.29, 0.717) is 11.8 Å². The van der Waals surface area contributed by atoms with Gasteiger partial charge in [0.15, 0.2) is 0 Å². The summed E-state index contributed by atoms with van der Waals surface area (Å²) < 4.78 is 5.52. The number of rotatable bonds is 3. The molecule has 0 radical (unpaired) electrons. The summed E-state index contributed by atoms with van der Waals surface area (Å²) in [5, 5.41) is 39.9. The van der Waals surface area contributed by atoms with E-state index in [4.69, 9.17) is 4.74 Å². The summed E-state index contributed by atoms with van der Waals surface area (Å²) in [5.41, 5.74) is 0.268. The Balaban J connectivity index is 3.13. The van der Waals surface area contributed by atoms with Crippen molar-refractivity contribution in [2.24, 2.45) is 29.6 Å². The molecule has 1 heterocycles. The number of hydrogen-bond acceptors (Lipinski definition) is 6. The molecule has 7 nitrogen and oxygen atoms in total. The average molecular weight is 464 g/mol. The molecule has 0 spiro atoms. The molecular weight excluding hydrogens is 422 g/mol. The van der Waals surface area contributed by atoms with Gasteiger partial charge in [0.25, 0.3) is 0 Å². The van der Waals surface area contributed by atoms with Crippen molar-refractivity contribution >= 4 is 11.9 Å². The number of esters is 1. The number of allylic oxidation sites excluding steroid dienone is 2. The number of aliphatic carboxylic acids is 1. The van der Waals surface area contributed by atoms with Gasteiger partial charge in [-0.25, -0.2) is 0 Å². The first-order valence-electron chi connectivity index (χ1n) is 12.0. The van der Waals surface area contributed by atoms with Gasteiger partial charge in [-0.3, -0.25) is 9.59 Å². The Morgan fingerprint density at radius 1 is 1.15 bits per heavy atom. The molecule has 1 rings (SSSR count). The Labute approximate surface area is 198 Å². The fraction of sp³-hybridized carbons (Fsp3) is 0.731. The minimum absolute atomic E-state index is 0.0847. The lowest BCUT2D eigenvalue weighted by molar-refractivity contribution is -0.155. The second-order valence-electron chi connectivity index (χ2n) is 10.1. The number of hydrogen-bond donors (Lipinski definition) is 3. The van der Waals surface area contributed by atoms with Gasteiger partial charge in [0.05, 0.1) is 36.2 Å². The smallest absolute Gasteiger partial charge is 0.308 e.